The van der Waals surface area contributed by atoms with Gasteiger partial charge in [0.2, 0.25) is 0 Å². The fraction of sp³-hybridized carbons (Fsp3) is 0. The first-order valence-corrected chi connectivity index (χ1v) is 21.2. The topological polar surface area (TPSA) is 55.1 Å². The molecule has 6 heteroatoms. The average molecular weight is 799 g/mol. The third kappa shape index (κ3) is 5.95. The predicted molar refractivity (Wildman–Crippen MR) is 254 cm³/mol. The van der Waals surface area contributed by atoms with Gasteiger partial charge in [-0.1, -0.05) is 164 Å². The molecule has 0 saturated heterocycles. The Morgan fingerprint density at radius 3 is 1.66 bits per heavy atom. The number of hydrogen-bond donors (Lipinski definition) is 0. The van der Waals surface area contributed by atoms with Crippen molar-refractivity contribution in [2.45, 2.75) is 0 Å². The van der Waals surface area contributed by atoms with Crippen molar-refractivity contribution in [3.05, 3.63) is 206 Å². The number of hydrogen-bond acceptors (Lipinski definition) is 6. The number of benzene rings is 9. The van der Waals surface area contributed by atoms with Crippen LogP contribution in [0.3, 0.4) is 0 Å². The van der Waals surface area contributed by atoms with Gasteiger partial charge < -0.3 is 9.32 Å². The summed E-state index contributed by atoms with van der Waals surface area (Å²) in [4.78, 5) is 17.6. The van der Waals surface area contributed by atoms with E-state index in [1.807, 2.05) is 84.1 Å². The van der Waals surface area contributed by atoms with E-state index in [4.69, 9.17) is 19.4 Å². The van der Waals surface area contributed by atoms with Crippen molar-refractivity contribution in [1.82, 2.24) is 15.0 Å². The third-order valence-corrected chi connectivity index (χ3v) is 12.7. The van der Waals surface area contributed by atoms with Crippen LogP contribution in [0.2, 0.25) is 0 Å². The standard InChI is InChI=1S/C55H34N4OS/c1-4-16-36(17-5-1)53-56-54(37-18-6-2-7-19-37)58-55(57-53)45-27-15-28-47-51(45)50-43-24-11-10-22-41(43)46(34-48(50)60-47)59(38-20-8-3-9-21-38)39-32-30-35(31-33-39)40-25-14-26-44-42-23-12-13-29-49(42)61-52(40)44/h1-34H. The lowest BCUT2D eigenvalue weighted by molar-refractivity contribution is 0.669. The van der Waals surface area contributed by atoms with Gasteiger partial charge in [-0.15, -0.1) is 11.3 Å². The van der Waals surface area contributed by atoms with Crippen LogP contribution < -0.4 is 4.90 Å². The van der Waals surface area contributed by atoms with Gasteiger partial charge in [0.25, 0.3) is 0 Å². The number of thiophene rings is 1. The first-order chi connectivity index (χ1) is 30.2. The summed E-state index contributed by atoms with van der Waals surface area (Å²) in [5.41, 5.74) is 9.83. The molecule has 0 radical (unpaired) electrons. The highest BCUT2D eigenvalue weighted by molar-refractivity contribution is 7.26. The predicted octanol–water partition coefficient (Wildman–Crippen LogP) is 15.4. The van der Waals surface area contributed by atoms with Gasteiger partial charge in [0.05, 0.1) is 5.69 Å². The van der Waals surface area contributed by atoms with E-state index in [1.165, 1.54) is 31.3 Å². The van der Waals surface area contributed by atoms with Crippen molar-refractivity contribution in [1.29, 1.82) is 0 Å². The van der Waals surface area contributed by atoms with Crippen LogP contribution in [0.4, 0.5) is 17.1 Å². The Labute approximate surface area is 355 Å². The summed E-state index contributed by atoms with van der Waals surface area (Å²) in [5, 5.41) is 6.77. The molecular formula is C55H34N4OS. The molecule has 0 amide bonds. The second-order valence-corrected chi connectivity index (χ2v) is 16.2. The molecule has 0 atom stereocenters. The van der Waals surface area contributed by atoms with E-state index in [0.29, 0.717) is 17.5 Å². The fourth-order valence-electron chi connectivity index (χ4n) is 8.73. The van der Waals surface area contributed by atoms with E-state index in [1.54, 1.807) is 0 Å². The summed E-state index contributed by atoms with van der Waals surface area (Å²) < 4.78 is 9.47. The van der Waals surface area contributed by atoms with Crippen LogP contribution in [0.25, 0.3) is 98.2 Å². The van der Waals surface area contributed by atoms with E-state index >= 15 is 0 Å². The van der Waals surface area contributed by atoms with Crippen molar-refractivity contribution in [3.8, 4) is 45.3 Å². The largest absolute Gasteiger partial charge is 0.456 e. The molecule has 9 aromatic carbocycles. The number of anilines is 3. The molecule has 12 rings (SSSR count). The summed E-state index contributed by atoms with van der Waals surface area (Å²) in [6.07, 6.45) is 0. The van der Waals surface area contributed by atoms with Gasteiger partial charge in [0.15, 0.2) is 17.5 Å². The maximum atomic E-state index is 6.86. The lowest BCUT2D eigenvalue weighted by Crippen LogP contribution is -2.10. The van der Waals surface area contributed by atoms with Crippen molar-refractivity contribution >= 4 is 81.3 Å². The molecule has 5 nitrogen and oxygen atoms in total. The lowest BCUT2D eigenvalue weighted by atomic mass is 9.98. The van der Waals surface area contributed by atoms with Crippen LogP contribution in [-0.2, 0) is 0 Å². The highest BCUT2D eigenvalue weighted by Crippen LogP contribution is 2.47. The Bertz CT molecular complexity index is 3520. The van der Waals surface area contributed by atoms with E-state index in [9.17, 15) is 0 Å². The zero-order chi connectivity index (χ0) is 40.3. The summed E-state index contributed by atoms with van der Waals surface area (Å²) in [5.74, 6) is 1.82. The summed E-state index contributed by atoms with van der Waals surface area (Å²) in [6.45, 7) is 0. The zero-order valence-electron chi connectivity index (χ0n) is 32.7. The average Bonchev–Trinajstić information content (AvgIpc) is 3.92. The Kier molecular flexibility index (Phi) is 8.28. The monoisotopic (exact) mass is 798 g/mol. The Balaban J connectivity index is 1.04. The SMILES string of the molecule is c1ccc(-c2nc(-c3ccccc3)nc(-c3cccc4oc5cc(N(c6ccccc6)c6ccc(-c7cccc8c7sc7ccccc78)cc6)c6ccccc6c5c34)n2)cc1. The molecule has 3 aromatic heterocycles. The second kappa shape index (κ2) is 14.4. The normalized spacial score (nSPS) is 11.6. The molecule has 0 spiro atoms. The minimum Gasteiger partial charge on any atom is -0.456 e. The summed E-state index contributed by atoms with van der Waals surface area (Å²) >= 11 is 1.86. The van der Waals surface area contributed by atoms with E-state index in [-0.39, 0.29) is 0 Å². The molecule has 0 aliphatic carbocycles. The third-order valence-electron chi connectivity index (χ3n) is 11.5. The van der Waals surface area contributed by atoms with Crippen LogP contribution in [0, 0.1) is 0 Å². The fourth-order valence-corrected chi connectivity index (χ4v) is 9.97. The van der Waals surface area contributed by atoms with Crippen LogP contribution in [-0.4, -0.2) is 15.0 Å². The Morgan fingerprint density at radius 1 is 0.377 bits per heavy atom. The van der Waals surface area contributed by atoms with Gasteiger partial charge >= 0.3 is 0 Å². The van der Waals surface area contributed by atoms with Gasteiger partial charge in [-0.3, -0.25) is 0 Å². The van der Waals surface area contributed by atoms with E-state index in [2.05, 4.69) is 138 Å². The maximum absolute atomic E-state index is 6.86. The minimum absolute atomic E-state index is 0.589. The van der Waals surface area contributed by atoms with Gasteiger partial charge in [-0.2, -0.15) is 0 Å². The number of aromatic nitrogens is 3. The van der Waals surface area contributed by atoms with Gasteiger partial charge in [0, 0.05) is 70.5 Å². The second-order valence-electron chi connectivity index (χ2n) is 15.1. The van der Waals surface area contributed by atoms with E-state index < -0.39 is 0 Å². The molecule has 0 fully saturated rings. The quantitative estimate of drug-likeness (QED) is 0.161. The number of fused-ring (bicyclic) bond motifs is 8. The first-order valence-electron chi connectivity index (χ1n) is 20.4. The summed E-state index contributed by atoms with van der Waals surface area (Å²) in [6, 6.07) is 72.0. The van der Waals surface area contributed by atoms with Crippen molar-refractivity contribution < 1.29 is 4.42 Å². The number of para-hydroxylation sites is 1. The summed E-state index contributed by atoms with van der Waals surface area (Å²) in [7, 11) is 0. The molecule has 61 heavy (non-hydrogen) atoms. The van der Waals surface area contributed by atoms with Crippen molar-refractivity contribution in [3.63, 3.8) is 0 Å². The molecule has 0 aliphatic rings. The van der Waals surface area contributed by atoms with Crippen LogP contribution >= 0.6 is 11.3 Å². The molecular weight excluding hydrogens is 765 g/mol. The maximum Gasteiger partial charge on any atom is 0.164 e. The van der Waals surface area contributed by atoms with Crippen LogP contribution in [0.5, 0.6) is 0 Å². The smallest absolute Gasteiger partial charge is 0.164 e. The molecule has 0 bridgehead atoms. The van der Waals surface area contributed by atoms with Gasteiger partial charge in [-0.05, 0) is 52.9 Å². The molecule has 0 aliphatic heterocycles. The zero-order valence-corrected chi connectivity index (χ0v) is 33.6. The number of furan rings is 1. The van der Waals surface area contributed by atoms with Crippen molar-refractivity contribution in [2.24, 2.45) is 0 Å². The van der Waals surface area contributed by atoms with E-state index in [0.717, 1.165) is 66.5 Å². The van der Waals surface area contributed by atoms with Crippen LogP contribution in [0.15, 0.2) is 211 Å². The number of rotatable bonds is 7. The highest BCUT2D eigenvalue weighted by Gasteiger charge is 2.23. The molecule has 0 unspecified atom stereocenters. The molecule has 0 saturated carbocycles. The number of nitrogens with zero attached hydrogens (tertiary/aromatic N) is 4. The molecule has 286 valence electrons. The molecule has 0 N–H and O–H groups in total. The highest BCUT2D eigenvalue weighted by atomic mass is 32.1. The van der Waals surface area contributed by atoms with Gasteiger partial charge in [-0.25, -0.2) is 15.0 Å². The first kappa shape index (κ1) is 35.1. The van der Waals surface area contributed by atoms with Crippen molar-refractivity contribution in [2.75, 3.05) is 4.90 Å². The molecule has 3 heterocycles. The lowest BCUT2D eigenvalue weighted by Gasteiger charge is -2.27. The van der Waals surface area contributed by atoms with Crippen LogP contribution in [0.1, 0.15) is 0 Å². The minimum atomic E-state index is 0.589. The molecule has 12 aromatic rings. The van der Waals surface area contributed by atoms with Gasteiger partial charge in [0.1, 0.15) is 11.2 Å². The Morgan fingerprint density at radius 2 is 0.934 bits per heavy atom. The Hall–Kier alpha value is -7.93.